The van der Waals surface area contributed by atoms with E-state index in [0.29, 0.717) is 47.9 Å². The lowest BCUT2D eigenvalue weighted by Crippen LogP contribution is -2.53. The number of ether oxygens (including phenoxy) is 4. The summed E-state index contributed by atoms with van der Waals surface area (Å²) in [5.74, 6) is 1.30. The molecule has 0 aliphatic carbocycles. The summed E-state index contributed by atoms with van der Waals surface area (Å²) in [6.45, 7) is 2.26. The van der Waals surface area contributed by atoms with Crippen molar-refractivity contribution in [2.45, 2.75) is 51.0 Å². The third kappa shape index (κ3) is 5.08. The second-order valence-corrected chi connectivity index (χ2v) is 9.23. The first-order valence-corrected chi connectivity index (χ1v) is 12.0. The summed E-state index contributed by atoms with van der Waals surface area (Å²) in [4.78, 5) is 38.9. The molecular weight excluding hydrogens is 466 g/mol. The van der Waals surface area contributed by atoms with E-state index in [9.17, 15) is 14.4 Å². The largest absolute Gasteiger partial charge is 0.490 e. The predicted octanol–water partition coefficient (Wildman–Crippen LogP) is 2.46. The number of carbonyl (C=O) groups excluding carboxylic acids is 3. The van der Waals surface area contributed by atoms with Gasteiger partial charge in [-0.1, -0.05) is 6.07 Å². The maximum atomic E-state index is 13.2. The molecule has 0 unspecified atom stereocenters. The first kappa shape index (κ1) is 23.9. The van der Waals surface area contributed by atoms with Gasteiger partial charge in [0.1, 0.15) is 18.5 Å². The molecule has 190 valence electrons. The number of nitrogens with one attached hydrogen (secondary N) is 2. The topological polar surface area (TPSA) is 115 Å². The highest BCUT2D eigenvalue weighted by Crippen LogP contribution is 2.33. The lowest BCUT2D eigenvalue weighted by atomic mass is 9.94. The van der Waals surface area contributed by atoms with E-state index in [1.807, 2.05) is 18.2 Å². The number of hydrogen-bond acceptors (Lipinski definition) is 7. The molecular formula is C26H29N3O7. The second kappa shape index (κ2) is 10.1. The van der Waals surface area contributed by atoms with Crippen LogP contribution in [0.3, 0.4) is 0 Å². The number of carbonyl (C=O) groups is 3. The first-order chi connectivity index (χ1) is 17.4. The van der Waals surface area contributed by atoms with Gasteiger partial charge in [-0.15, -0.1) is 0 Å². The van der Waals surface area contributed by atoms with Gasteiger partial charge in [-0.3, -0.25) is 14.4 Å². The minimum absolute atomic E-state index is 0.108. The fraction of sp³-hybridized carbons (Fsp3) is 0.423. The molecule has 0 aromatic heterocycles. The van der Waals surface area contributed by atoms with E-state index in [2.05, 4.69) is 10.6 Å². The van der Waals surface area contributed by atoms with Crippen LogP contribution in [0.5, 0.6) is 17.2 Å². The van der Waals surface area contributed by atoms with Crippen molar-refractivity contribution >= 4 is 23.4 Å². The Morgan fingerprint density at radius 2 is 1.83 bits per heavy atom. The smallest absolute Gasteiger partial charge is 0.257 e. The normalized spacial score (nSPS) is 22.4. The van der Waals surface area contributed by atoms with Crippen LogP contribution in [0.2, 0.25) is 0 Å². The van der Waals surface area contributed by atoms with Crippen LogP contribution in [0.15, 0.2) is 36.4 Å². The Kier molecular flexibility index (Phi) is 6.69. The van der Waals surface area contributed by atoms with Crippen molar-refractivity contribution in [2.24, 2.45) is 0 Å². The summed E-state index contributed by atoms with van der Waals surface area (Å²) in [6.07, 6.45) is 0.937. The van der Waals surface area contributed by atoms with Crippen LogP contribution in [0.1, 0.15) is 42.1 Å². The molecule has 2 N–H and O–H groups in total. The van der Waals surface area contributed by atoms with Gasteiger partial charge in [0.15, 0.2) is 11.5 Å². The zero-order valence-electron chi connectivity index (χ0n) is 20.2. The Hall–Kier alpha value is -3.79. The van der Waals surface area contributed by atoms with Gasteiger partial charge in [0.25, 0.3) is 5.91 Å². The molecule has 0 spiro atoms. The molecule has 3 amide bonds. The Labute approximate surface area is 208 Å². The molecule has 2 aromatic carbocycles. The lowest BCUT2D eigenvalue weighted by molar-refractivity contribution is -0.134. The van der Waals surface area contributed by atoms with Gasteiger partial charge in [0.2, 0.25) is 18.6 Å². The molecule has 10 nitrogen and oxygen atoms in total. The molecule has 2 aromatic rings. The number of benzene rings is 2. The van der Waals surface area contributed by atoms with Gasteiger partial charge < -0.3 is 34.5 Å². The minimum atomic E-state index is -0.359. The molecule has 5 rings (SSSR count). The fourth-order valence-corrected chi connectivity index (χ4v) is 4.84. The van der Waals surface area contributed by atoms with Crippen molar-refractivity contribution in [3.8, 4) is 17.2 Å². The Morgan fingerprint density at radius 3 is 2.67 bits per heavy atom. The lowest BCUT2D eigenvalue weighted by Gasteiger charge is -2.42. The average molecular weight is 496 g/mol. The van der Waals surface area contributed by atoms with Crippen LogP contribution in [-0.2, 0) is 20.9 Å². The molecule has 1 saturated heterocycles. The fourth-order valence-electron chi connectivity index (χ4n) is 4.84. The van der Waals surface area contributed by atoms with Gasteiger partial charge in [-0.05, 0) is 48.7 Å². The number of anilines is 1. The summed E-state index contributed by atoms with van der Waals surface area (Å²) >= 11 is 0. The van der Waals surface area contributed by atoms with Crippen LogP contribution in [0, 0.1) is 0 Å². The van der Waals surface area contributed by atoms with E-state index < -0.39 is 0 Å². The van der Waals surface area contributed by atoms with Gasteiger partial charge >= 0.3 is 0 Å². The molecule has 3 aliphatic heterocycles. The number of amides is 3. The number of rotatable bonds is 5. The Balaban J connectivity index is 1.19. The van der Waals surface area contributed by atoms with Gasteiger partial charge in [0, 0.05) is 26.2 Å². The molecule has 3 heterocycles. The van der Waals surface area contributed by atoms with E-state index in [1.165, 1.54) is 6.92 Å². The zero-order chi connectivity index (χ0) is 25.2. The van der Waals surface area contributed by atoms with Crippen LogP contribution in [0.25, 0.3) is 0 Å². The van der Waals surface area contributed by atoms with Gasteiger partial charge in [0.05, 0.1) is 24.1 Å². The van der Waals surface area contributed by atoms with Crippen LogP contribution >= 0.6 is 0 Å². The van der Waals surface area contributed by atoms with Crippen molar-refractivity contribution in [3.05, 3.63) is 47.5 Å². The van der Waals surface area contributed by atoms with Crippen LogP contribution < -0.4 is 24.8 Å². The van der Waals surface area contributed by atoms with Crippen molar-refractivity contribution in [3.63, 3.8) is 0 Å². The number of hydrogen-bond donors (Lipinski definition) is 2. The van der Waals surface area contributed by atoms with Crippen molar-refractivity contribution in [2.75, 3.05) is 25.8 Å². The summed E-state index contributed by atoms with van der Waals surface area (Å²) in [6, 6.07) is 10.4. The number of nitrogens with zero attached hydrogens (tertiary/aromatic N) is 1. The summed E-state index contributed by atoms with van der Waals surface area (Å²) in [5, 5.41) is 5.64. The average Bonchev–Trinajstić information content (AvgIpc) is 3.33. The van der Waals surface area contributed by atoms with Crippen LogP contribution in [0.4, 0.5) is 5.69 Å². The van der Waals surface area contributed by atoms with E-state index >= 15 is 0 Å². The monoisotopic (exact) mass is 495 g/mol. The molecule has 1 fully saturated rings. The summed E-state index contributed by atoms with van der Waals surface area (Å²) in [5.41, 5.74) is 1.86. The van der Waals surface area contributed by atoms with E-state index in [4.69, 9.17) is 18.9 Å². The highest BCUT2D eigenvalue weighted by Gasteiger charge is 2.39. The van der Waals surface area contributed by atoms with E-state index in [1.54, 1.807) is 30.1 Å². The molecule has 0 saturated carbocycles. The molecule has 3 atom stereocenters. The molecule has 10 heteroatoms. The standard InChI is InChI=1S/C26H29N3O7/c1-15(30)28-17-4-8-21-19(10-17)26(32)29(2)20-6-5-18(36-24(20)13-33-21)11-25(31)27-12-16-3-7-22-23(9-16)35-14-34-22/h3-4,7-10,18,20,24H,5-6,11-14H2,1-2H3,(H,27,31)(H,28,30)/t18-,20+,24+/m1/s1. The first-order valence-electron chi connectivity index (χ1n) is 12.0. The number of likely N-dealkylation sites (N-methyl/N-ethyl adjacent to an activating group) is 1. The highest BCUT2D eigenvalue weighted by molar-refractivity contribution is 5.99. The van der Waals surface area contributed by atoms with Gasteiger partial charge in [-0.2, -0.15) is 0 Å². The number of fused-ring (bicyclic) bond motifs is 3. The molecule has 0 bridgehead atoms. The molecule has 3 aliphatic rings. The SMILES string of the molecule is CC(=O)Nc1ccc2c(c1)C(=O)N(C)[C@H]1CC[C@H](CC(=O)NCc3ccc4c(c3)OCO4)O[C@H]1CO2. The van der Waals surface area contributed by atoms with Crippen LogP contribution in [-0.4, -0.2) is 61.3 Å². The third-order valence-electron chi connectivity index (χ3n) is 6.67. The van der Waals surface area contributed by atoms with Crippen molar-refractivity contribution in [1.82, 2.24) is 10.2 Å². The zero-order valence-corrected chi connectivity index (χ0v) is 20.2. The molecule has 36 heavy (non-hydrogen) atoms. The quantitative estimate of drug-likeness (QED) is 0.655. The third-order valence-corrected chi connectivity index (χ3v) is 6.67. The predicted molar refractivity (Wildman–Crippen MR) is 129 cm³/mol. The second-order valence-electron chi connectivity index (χ2n) is 9.23. The Bertz CT molecular complexity index is 1180. The van der Waals surface area contributed by atoms with Crippen molar-refractivity contribution < 1.29 is 33.3 Å². The highest BCUT2D eigenvalue weighted by atomic mass is 16.7. The van der Waals surface area contributed by atoms with Crippen molar-refractivity contribution in [1.29, 1.82) is 0 Å². The maximum absolute atomic E-state index is 13.2. The Morgan fingerprint density at radius 1 is 1.03 bits per heavy atom. The van der Waals surface area contributed by atoms with E-state index in [-0.39, 0.29) is 55.8 Å². The minimum Gasteiger partial charge on any atom is -0.490 e. The summed E-state index contributed by atoms with van der Waals surface area (Å²) < 4.78 is 22.9. The molecule has 0 radical (unpaired) electrons. The van der Waals surface area contributed by atoms with Gasteiger partial charge in [-0.25, -0.2) is 0 Å². The maximum Gasteiger partial charge on any atom is 0.257 e. The van der Waals surface area contributed by atoms with E-state index in [0.717, 1.165) is 5.56 Å². The summed E-state index contributed by atoms with van der Waals surface area (Å²) in [7, 11) is 1.75.